The van der Waals surface area contributed by atoms with Crippen molar-refractivity contribution in [1.82, 2.24) is 0 Å². The van der Waals surface area contributed by atoms with E-state index in [4.69, 9.17) is 5.11 Å². The van der Waals surface area contributed by atoms with Crippen LogP contribution in [0.2, 0.25) is 0 Å². The smallest absolute Gasteiger partial charge is 0.477 e. The van der Waals surface area contributed by atoms with Crippen LogP contribution >= 0.6 is 0 Å². The van der Waals surface area contributed by atoms with E-state index in [0.29, 0.717) is 12.8 Å². The lowest BCUT2D eigenvalue weighted by Crippen LogP contribution is -2.50. The fraction of sp³-hybridized carbons (Fsp3) is 0.800. The number of aliphatic carboxylic acids is 1. The van der Waals surface area contributed by atoms with E-state index in [1.54, 1.807) is 0 Å². The molecule has 0 saturated heterocycles. The Bertz CT molecular complexity index is 337. The third kappa shape index (κ3) is 2.91. The highest BCUT2D eigenvalue weighted by molar-refractivity contribution is 5.78. The average molecular weight is 272 g/mol. The Morgan fingerprint density at radius 1 is 1.06 bits per heavy atom. The molecule has 0 atom stereocenters. The van der Waals surface area contributed by atoms with Gasteiger partial charge in [0.15, 0.2) is 0 Å². The first-order valence-electron chi connectivity index (χ1n) is 5.40. The molecular formula is C10H12F4O4. The number of carbonyl (C=O) groups excluding carboxylic acids is 1. The van der Waals surface area contributed by atoms with Crippen molar-refractivity contribution in [2.45, 2.75) is 44.1 Å². The van der Waals surface area contributed by atoms with Crippen LogP contribution in [0.3, 0.4) is 0 Å². The molecule has 1 aliphatic carbocycles. The summed E-state index contributed by atoms with van der Waals surface area (Å²) in [6.07, 6.45) is -2.68. The lowest BCUT2D eigenvalue weighted by molar-refractivity contribution is -0.324. The maximum absolute atomic E-state index is 12.9. The first-order valence-corrected chi connectivity index (χ1v) is 5.40. The van der Waals surface area contributed by atoms with Crippen LogP contribution in [-0.2, 0) is 14.3 Å². The zero-order valence-electron chi connectivity index (χ0n) is 9.30. The van der Waals surface area contributed by atoms with Gasteiger partial charge in [-0.3, -0.25) is 4.79 Å². The number of carboxylic acids is 1. The topological polar surface area (TPSA) is 63.6 Å². The van der Waals surface area contributed by atoms with Crippen molar-refractivity contribution in [3.63, 3.8) is 0 Å². The number of hydrogen-bond donors (Lipinski definition) is 1. The number of ether oxygens (including phenoxy) is 1. The summed E-state index contributed by atoms with van der Waals surface area (Å²) in [6, 6.07) is 0. The van der Waals surface area contributed by atoms with Crippen LogP contribution in [0.25, 0.3) is 0 Å². The molecule has 1 aliphatic rings. The fourth-order valence-electron chi connectivity index (χ4n) is 1.74. The molecule has 18 heavy (non-hydrogen) atoms. The Morgan fingerprint density at radius 2 is 1.56 bits per heavy atom. The van der Waals surface area contributed by atoms with E-state index < -0.39 is 29.9 Å². The van der Waals surface area contributed by atoms with Gasteiger partial charge in [0.2, 0.25) is 0 Å². The molecule has 1 N–H and O–H groups in total. The number of halogens is 4. The first kappa shape index (κ1) is 14.7. The van der Waals surface area contributed by atoms with Crippen molar-refractivity contribution in [3.05, 3.63) is 0 Å². The van der Waals surface area contributed by atoms with Gasteiger partial charge in [-0.2, -0.15) is 17.6 Å². The minimum Gasteiger partial charge on any atom is -0.477 e. The highest BCUT2D eigenvalue weighted by atomic mass is 19.3. The third-order valence-electron chi connectivity index (χ3n) is 2.80. The molecule has 1 saturated carbocycles. The van der Waals surface area contributed by atoms with Crippen molar-refractivity contribution in [2.24, 2.45) is 5.92 Å². The number of carboxylic acid groups (broad SMARTS) is 1. The second kappa shape index (κ2) is 5.11. The maximum Gasteiger partial charge on any atom is 0.478 e. The molecular weight excluding hydrogens is 260 g/mol. The van der Waals surface area contributed by atoms with Gasteiger partial charge in [0.25, 0.3) is 0 Å². The summed E-state index contributed by atoms with van der Waals surface area (Å²) in [5, 5.41) is 7.98. The molecule has 0 aliphatic heterocycles. The normalized spacial score (nSPS) is 18.4. The molecule has 0 aromatic carbocycles. The van der Waals surface area contributed by atoms with E-state index >= 15 is 0 Å². The average Bonchev–Trinajstić information content (AvgIpc) is 2.29. The Morgan fingerprint density at radius 3 is 2.00 bits per heavy atom. The molecule has 1 rings (SSSR count). The maximum atomic E-state index is 12.9. The van der Waals surface area contributed by atoms with Gasteiger partial charge in [-0.1, -0.05) is 19.3 Å². The number of carbonyl (C=O) groups is 2. The molecule has 0 aromatic rings. The second-order valence-electron chi connectivity index (χ2n) is 4.15. The van der Waals surface area contributed by atoms with E-state index in [0.717, 1.165) is 6.42 Å². The van der Waals surface area contributed by atoms with Gasteiger partial charge in [0.1, 0.15) is 0 Å². The standard InChI is InChI=1S/C10H12F4O4/c11-9(12,8(16)17)10(13,14)18-7(15)6-4-2-1-3-5-6/h6H,1-5H2,(H,16,17). The van der Waals surface area contributed by atoms with Gasteiger partial charge in [0, 0.05) is 0 Å². The van der Waals surface area contributed by atoms with Crippen LogP contribution in [0.5, 0.6) is 0 Å². The Labute approximate surface area is 99.9 Å². The zero-order valence-corrected chi connectivity index (χ0v) is 9.30. The van der Waals surface area contributed by atoms with E-state index in [-0.39, 0.29) is 12.8 Å². The Hall–Kier alpha value is -1.34. The quantitative estimate of drug-likeness (QED) is 0.630. The SMILES string of the molecule is O=C(OC(F)(F)C(F)(F)C(=O)O)C1CCCCC1. The fourth-order valence-corrected chi connectivity index (χ4v) is 1.74. The minimum atomic E-state index is -5.43. The summed E-state index contributed by atoms with van der Waals surface area (Å²) >= 11 is 0. The summed E-state index contributed by atoms with van der Waals surface area (Å²) in [7, 11) is 0. The van der Waals surface area contributed by atoms with Crippen LogP contribution in [0, 0.1) is 5.92 Å². The van der Waals surface area contributed by atoms with Crippen molar-refractivity contribution < 1.29 is 37.0 Å². The predicted molar refractivity (Wildman–Crippen MR) is 50.2 cm³/mol. The predicted octanol–water partition coefficient (Wildman–Crippen LogP) is 2.42. The van der Waals surface area contributed by atoms with Gasteiger partial charge in [-0.25, -0.2) is 4.79 Å². The summed E-state index contributed by atoms with van der Waals surface area (Å²) in [5.74, 6) is -10.8. The molecule has 1 fully saturated rings. The number of rotatable bonds is 4. The molecule has 0 unspecified atom stereocenters. The van der Waals surface area contributed by atoms with Gasteiger partial charge in [-0.05, 0) is 12.8 Å². The molecule has 0 bridgehead atoms. The molecule has 0 amide bonds. The summed E-state index contributed by atoms with van der Waals surface area (Å²) in [5.41, 5.74) is 0. The van der Waals surface area contributed by atoms with Gasteiger partial charge < -0.3 is 9.84 Å². The van der Waals surface area contributed by atoms with Crippen molar-refractivity contribution in [3.8, 4) is 0 Å². The molecule has 8 heteroatoms. The largest absolute Gasteiger partial charge is 0.478 e. The molecule has 0 spiro atoms. The van der Waals surface area contributed by atoms with Crippen LogP contribution in [0.1, 0.15) is 32.1 Å². The summed E-state index contributed by atoms with van der Waals surface area (Å²) in [6.45, 7) is 0. The molecule has 0 heterocycles. The number of alkyl halides is 4. The van der Waals surface area contributed by atoms with E-state index in [2.05, 4.69) is 4.74 Å². The summed E-state index contributed by atoms with van der Waals surface area (Å²) in [4.78, 5) is 21.3. The van der Waals surface area contributed by atoms with E-state index in [1.807, 2.05) is 0 Å². The summed E-state index contributed by atoms with van der Waals surface area (Å²) < 4.78 is 54.4. The molecule has 0 radical (unpaired) electrons. The van der Waals surface area contributed by atoms with Crippen LogP contribution in [0.4, 0.5) is 17.6 Å². The van der Waals surface area contributed by atoms with Crippen LogP contribution in [-0.4, -0.2) is 29.1 Å². The zero-order chi connectivity index (χ0) is 14.0. The number of hydrogen-bond acceptors (Lipinski definition) is 3. The monoisotopic (exact) mass is 272 g/mol. The van der Waals surface area contributed by atoms with Crippen LogP contribution in [0.15, 0.2) is 0 Å². The van der Waals surface area contributed by atoms with Crippen molar-refractivity contribution in [2.75, 3.05) is 0 Å². The first-order chi connectivity index (χ1) is 8.18. The molecule has 104 valence electrons. The van der Waals surface area contributed by atoms with Gasteiger partial charge >= 0.3 is 24.0 Å². The number of esters is 1. The molecule has 0 aromatic heterocycles. The van der Waals surface area contributed by atoms with E-state index in [1.165, 1.54) is 0 Å². The van der Waals surface area contributed by atoms with E-state index in [9.17, 15) is 27.2 Å². The lowest BCUT2D eigenvalue weighted by atomic mass is 9.89. The second-order valence-corrected chi connectivity index (χ2v) is 4.15. The highest BCUT2D eigenvalue weighted by Crippen LogP contribution is 2.37. The molecule has 4 nitrogen and oxygen atoms in total. The minimum absolute atomic E-state index is 0.285. The van der Waals surface area contributed by atoms with Crippen LogP contribution < -0.4 is 0 Å². The third-order valence-corrected chi connectivity index (χ3v) is 2.80. The lowest BCUT2D eigenvalue weighted by Gasteiger charge is -2.26. The Balaban J connectivity index is 2.70. The highest BCUT2D eigenvalue weighted by Gasteiger charge is 2.66. The van der Waals surface area contributed by atoms with Gasteiger partial charge in [-0.15, -0.1) is 0 Å². The Kier molecular flexibility index (Phi) is 4.18. The van der Waals surface area contributed by atoms with Gasteiger partial charge in [0.05, 0.1) is 5.92 Å². The van der Waals surface area contributed by atoms with Crippen molar-refractivity contribution >= 4 is 11.9 Å². The van der Waals surface area contributed by atoms with Crippen molar-refractivity contribution in [1.29, 1.82) is 0 Å².